The van der Waals surface area contributed by atoms with E-state index >= 15 is 0 Å². The summed E-state index contributed by atoms with van der Waals surface area (Å²) in [5, 5.41) is 12.6. The molecule has 0 spiro atoms. The van der Waals surface area contributed by atoms with E-state index in [1.54, 1.807) is 12.1 Å². The number of benzene rings is 2. The van der Waals surface area contributed by atoms with E-state index in [2.05, 4.69) is 0 Å². The molecule has 2 aliphatic carbocycles. The molecule has 2 aromatic rings. The molecule has 0 fully saturated rings. The Morgan fingerprint density at radius 1 is 0.927 bits per heavy atom. The van der Waals surface area contributed by atoms with E-state index < -0.39 is 11.9 Å². The summed E-state index contributed by atoms with van der Waals surface area (Å²) in [4.78, 5) is 41.5. The van der Waals surface area contributed by atoms with Crippen molar-refractivity contribution in [2.75, 3.05) is 6.54 Å². The van der Waals surface area contributed by atoms with Gasteiger partial charge in [0, 0.05) is 81.4 Å². The van der Waals surface area contributed by atoms with Crippen LogP contribution in [0.15, 0.2) is 65.0 Å². The first-order chi connectivity index (χ1) is 19.3. The molecule has 2 aromatic carbocycles. The van der Waals surface area contributed by atoms with E-state index in [-0.39, 0.29) is 42.0 Å². The van der Waals surface area contributed by atoms with Crippen molar-refractivity contribution in [1.82, 2.24) is 4.90 Å². The number of hydrogen-bond donors (Lipinski definition) is 0. The van der Waals surface area contributed by atoms with Gasteiger partial charge in [-0.05, 0) is 41.9 Å². The molecule has 6 nitrogen and oxygen atoms in total. The molecule has 0 saturated heterocycles. The Morgan fingerprint density at radius 2 is 1.51 bits per heavy atom. The van der Waals surface area contributed by atoms with Crippen LogP contribution in [-0.4, -0.2) is 29.0 Å². The number of rotatable bonds is 7. The summed E-state index contributed by atoms with van der Waals surface area (Å²) in [6.45, 7) is 8.52. The molecule has 0 bridgehead atoms. The molecule has 1 aliphatic heterocycles. The van der Waals surface area contributed by atoms with Crippen LogP contribution in [0.1, 0.15) is 76.8 Å². The van der Waals surface area contributed by atoms with Crippen LogP contribution in [0.25, 0.3) is 0 Å². The maximum atomic E-state index is 14.0. The van der Waals surface area contributed by atoms with Crippen LogP contribution in [0.3, 0.4) is 0 Å². The normalized spacial score (nSPS) is 20.2. The van der Waals surface area contributed by atoms with Gasteiger partial charge in [0.15, 0.2) is 11.6 Å². The maximum Gasteiger partial charge on any atom is 0.162 e. The summed E-state index contributed by atoms with van der Waals surface area (Å²) in [6.07, 6.45) is 1.65. The lowest BCUT2D eigenvalue weighted by molar-refractivity contribution is -0.305. The highest BCUT2D eigenvalue weighted by Gasteiger charge is 2.49. The minimum atomic E-state index is -1.17. The first kappa shape index (κ1) is 29.4. The highest BCUT2D eigenvalue weighted by molar-refractivity contribution is 6.35. The van der Waals surface area contributed by atoms with Crippen LogP contribution < -0.4 is 9.84 Å². The molecule has 41 heavy (non-hydrogen) atoms. The van der Waals surface area contributed by atoms with Crippen molar-refractivity contribution in [3.8, 4) is 5.75 Å². The number of allylic oxidation sites excluding steroid dienone is 4. The van der Waals surface area contributed by atoms with Crippen LogP contribution in [-0.2, 0) is 21.0 Å². The van der Waals surface area contributed by atoms with Crippen LogP contribution in [0.4, 0.5) is 0 Å². The van der Waals surface area contributed by atoms with Gasteiger partial charge in [0.05, 0.1) is 0 Å². The first-order valence-corrected chi connectivity index (χ1v) is 14.7. The Hall–Kier alpha value is -3.09. The molecule has 216 valence electrons. The summed E-state index contributed by atoms with van der Waals surface area (Å²) in [7, 11) is 0. The smallest absolute Gasteiger partial charge is 0.162 e. The number of Topliss-reactive ketones (excluding diaryl/α,β-unsaturated/α-hetero) is 2. The Morgan fingerprint density at radius 3 is 2.07 bits per heavy atom. The molecule has 0 N–H and O–H groups in total. The lowest BCUT2D eigenvalue weighted by atomic mass is 9.63. The highest BCUT2D eigenvalue weighted by atomic mass is 35.5. The summed E-state index contributed by atoms with van der Waals surface area (Å²) < 4.78 is 6.32. The fourth-order valence-electron chi connectivity index (χ4n) is 6.48. The minimum absolute atomic E-state index is 0.0283. The van der Waals surface area contributed by atoms with Crippen molar-refractivity contribution in [3.63, 3.8) is 0 Å². The molecule has 0 radical (unpaired) electrons. The highest BCUT2D eigenvalue weighted by Crippen LogP contribution is 2.55. The average Bonchev–Trinajstić information content (AvgIpc) is 2.85. The van der Waals surface area contributed by atoms with Gasteiger partial charge in [0.1, 0.15) is 12.4 Å². The third-order valence-electron chi connectivity index (χ3n) is 8.19. The molecule has 0 amide bonds. The summed E-state index contributed by atoms with van der Waals surface area (Å²) in [5.41, 5.74) is 3.61. The van der Waals surface area contributed by atoms with Gasteiger partial charge in [-0.3, -0.25) is 9.59 Å². The molecule has 0 atom stereocenters. The summed E-state index contributed by atoms with van der Waals surface area (Å²) in [5.74, 6) is -1.28. The number of ketones is 2. The number of nitrogens with zero attached hydrogens (tertiary/aromatic N) is 1. The summed E-state index contributed by atoms with van der Waals surface area (Å²) in [6, 6.07) is 12.7. The largest absolute Gasteiger partial charge is 0.550 e. The van der Waals surface area contributed by atoms with E-state index in [1.165, 1.54) is 0 Å². The van der Waals surface area contributed by atoms with Crippen LogP contribution in [0.2, 0.25) is 10.0 Å². The van der Waals surface area contributed by atoms with E-state index in [1.807, 2.05) is 62.9 Å². The molecule has 8 heteroatoms. The third kappa shape index (κ3) is 5.96. The topological polar surface area (TPSA) is 86.7 Å². The second-order valence-electron chi connectivity index (χ2n) is 12.9. The lowest BCUT2D eigenvalue weighted by Gasteiger charge is -2.49. The number of carboxylic acids is 1. The molecular weight excluding hydrogens is 561 g/mol. The van der Waals surface area contributed by atoms with E-state index in [0.29, 0.717) is 52.6 Å². The van der Waals surface area contributed by atoms with Gasteiger partial charge >= 0.3 is 0 Å². The average molecular weight is 596 g/mol. The molecule has 0 aromatic heterocycles. The molecule has 5 rings (SSSR count). The van der Waals surface area contributed by atoms with E-state index in [9.17, 15) is 19.5 Å². The predicted molar refractivity (Wildman–Crippen MR) is 156 cm³/mol. The van der Waals surface area contributed by atoms with Gasteiger partial charge in [-0.25, -0.2) is 0 Å². The molecule has 3 aliphatic rings. The minimum Gasteiger partial charge on any atom is -0.550 e. The SMILES string of the molecule is CC1(C)CC(=O)C2=C(C1)N(CCC(=O)[O-])C1=C(C(=O)CC(C)(C)C1)C2c1ccccc1OCc1ccc(Cl)cc1Cl. The Kier molecular flexibility index (Phi) is 7.86. The molecular formula is C33H34Cl2NO5-. The van der Waals surface area contributed by atoms with Gasteiger partial charge in [0.2, 0.25) is 0 Å². The number of para-hydroxylation sites is 1. The van der Waals surface area contributed by atoms with Crippen LogP contribution in [0, 0.1) is 10.8 Å². The number of ether oxygens (including phenoxy) is 1. The van der Waals surface area contributed by atoms with Gasteiger partial charge in [0.25, 0.3) is 0 Å². The lowest BCUT2D eigenvalue weighted by Crippen LogP contribution is -2.45. The third-order valence-corrected chi connectivity index (χ3v) is 8.78. The van der Waals surface area contributed by atoms with Crippen LogP contribution >= 0.6 is 23.2 Å². The number of carbonyl (C=O) groups is 3. The van der Waals surface area contributed by atoms with Crippen molar-refractivity contribution < 1.29 is 24.2 Å². The number of halogens is 2. The summed E-state index contributed by atoms with van der Waals surface area (Å²) >= 11 is 12.5. The van der Waals surface area contributed by atoms with Crippen molar-refractivity contribution in [2.45, 2.75) is 72.3 Å². The fraction of sp³-hybridized carbons (Fsp3) is 0.424. The number of carboxylic acid groups (broad SMARTS) is 1. The van der Waals surface area contributed by atoms with Gasteiger partial charge in [-0.15, -0.1) is 0 Å². The number of aliphatic carboxylic acids is 1. The Labute approximate surface area is 251 Å². The van der Waals surface area contributed by atoms with Gasteiger partial charge in [-0.1, -0.05) is 75.2 Å². The number of hydrogen-bond acceptors (Lipinski definition) is 6. The van der Waals surface area contributed by atoms with Crippen molar-refractivity contribution in [2.24, 2.45) is 10.8 Å². The first-order valence-electron chi connectivity index (χ1n) is 13.9. The zero-order chi connectivity index (χ0) is 29.7. The van der Waals surface area contributed by atoms with Crippen molar-refractivity contribution in [1.29, 1.82) is 0 Å². The van der Waals surface area contributed by atoms with Crippen molar-refractivity contribution >= 4 is 40.7 Å². The van der Waals surface area contributed by atoms with Crippen LogP contribution in [0.5, 0.6) is 5.75 Å². The molecule has 1 heterocycles. The van der Waals surface area contributed by atoms with E-state index in [4.69, 9.17) is 27.9 Å². The monoisotopic (exact) mass is 594 g/mol. The quantitative estimate of drug-likeness (QED) is 0.368. The predicted octanol–water partition coefficient (Wildman–Crippen LogP) is 6.40. The standard InChI is InChI=1S/C33H35Cl2NO5/c1-32(2)14-23-30(25(37)16-32)29(31-24(36(23)12-11-28(39)40)15-33(3,4)17-26(31)38)21-7-5-6-8-27(21)41-18-19-9-10-20(34)13-22(19)35/h5-10,13,29H,11-12,14-18H2,1-4H3,(H,39,40)/p-1. The van der Waals surface area contributed by atoms with Gasteiger partial charge < -0.3 is 19.5 Å². The van der Waals surface area contributed by atoms with Crippen molar-refractivity contribution in [3.05, 3.63) is 86.2 Å². The molecule has 0 saturated carbocycles. The number of carbonyl (C=O) groups excluding carboxylic acids is 3. The molecule has 0 unspecified atom stereocenters. The van der Waals surface area contributed by atoms with Gasteiger partial charge in [-0.2, -0.15) is 0 Å². The Bertz CT molecular complexity index is 1450. The second kappa shape index (κ2) is 11.0. The second-order valence-corrected chi connectivity index (χ2v) is 13.7. The maximum absolute atomic E-state index is 14.0. The van der Waals surface area contributed by atoms with E-state index in [0.717, 1.165) is 22.5 Å². The fourth-order valence-corrected chi connectivity index (χ4v) is 6.94. The Balaban J connectivity index is 1.67. The zero-order valence-electron chi connectivity index (χ0n) is 23.8. The zero-order valence-corrected chi connectivity index (χ0v) is 25.3.